The second-order valence-electron chi connectivity index (χ2n) is 5.19. The summed E-state index contributed by atoms with van der Waals surface area (Å²) in [5.41, 5.74) is -0.753. The minimum absolute atomic E-state index is 0.0621. The fraction of sp³-hybridized carbons (Fsp3) is 0.143. The lowest BCUT2D eigenvalue weighted by Gasteiger charge is -2.19. The Bertz CT molecular complexity index is 1090. The van der Waals surface area contributed by atoms with Crippen molar-refractivity contribution >= 4 is 32.7 Å². The van der Waals surface area contributed by atoms with Crippen LogP contribution in [0.1, 0.15) is 10.5 Å². The SMILES string of the molecule is CN(c1nc(C(=O)O)c(O)c2ncccc12)S(=O)(=O)c1cn(C)cn1. The molecule has 0 unspecified atom stereocenters. The lowest BCUT2D eigenvalue weighted by molar-refractivity contribution is 0.0687. The van der Waals surface area contributed by atoms with Crippen molar-refractivity contribution in [2.45, 2.75) is 5.03 Å². The number of sulfonamides is 1. The number of imidazole rings is 1. The number of pyridine rings is 2. The zero-order chi connectivity index (χ0) is 18.4. The Morgan fingerprint density at radius 1 is 1.32 bits per heavy atom. The van der Waals surface area contributed by atoms with E-state index in [0.29, 0.717) is 0 Å². The number of aromatic nitrogens is 4. The van der Waals surface area contributed by atoms with Gasteiger partial charge in [-0.1, -0.05) is 0 Å². The molecule has 3 aromatic rings. The highest BCUT2D eigenvalue weighted by molar-refractivity contribution is 7.92. The quantitative estimate of drug-likeness (QED) is 0.687. The van der Waals surface area contributed by atoms with Gasteiger partial charge in [0.15, 0.2) is 22.3 Å². The molecule has 0 saturated heterocycles. The predicted octanol–water partition coefficient (Wildman–Crippen LogP) is 0.592. The van der Waals surface area contributed by atoms with Crippen LogP contribution in [0.15, 0.2) is 35.9 Å². The molecule has 0 atom stereocenters. The van der Waals surface area contributed by atoms with Crippen molar-refractivity contribution in [1.82, 2.24) is 19.5 Å². The van der Waals surface area contributed by atoms with E-state index >= 15 is 0 Å². The summed E-state index contributed by atoms with van der Waals surface area (Å²) in [6.07, 6.45) is 3.99. The van der Waals surface area contributed by atoms with E-state index in [4.69, 9.17) is 0 Å². The molecule has 3 heterocycles. The molecule has 3 aromatic heterocycles. The summed E-state index contributed by atoms with van der Waals surface area (Å²) in [7, 11) is -1.24. The molecule has 0 aromatic carbocycles. The molecule has 0 spiro atoms. The molecule has 3 rings (SSSR count). The van der Waals surface area contributed by atoms with E-state index in [1.807, 2.05) is 0 Å². The number of anilines is 1. The van der Waals surface area contributed by atoms with E-state index in [1.54, 1.807) is 7.05 Å². The van der Waals surface area contributed by atoms with Gasteiger partial charge in [-0.25, -0.2) is 14.8 Å². The summed E-state index contributed by atoms with van der Waals surface area (Å²) < 4.78 is 27.7. The van der Waals surface area contributed by atoms with E-state index in [9.17, 15) is 23.4 Å². The van der Waals surface area contributed by atoms with Crippen molar-refractivity contribution in [1.29, 1.82) is 0 Å². The van der Waals surface area contributed by atoms with Crippen molar-refractivity contribution < 1.29 is 23.4 Å². The van der Waals surface area contributed by atoms with Gasteiger partial charge in [0.05, 0.1) is 6.33 Å². The first-order valence-corrected chi connectivity index (χ1v) is 8.35. The fourth-order valence-corrected chi connectivity index (χ4v) is 3.40. The van der Waals surface area contributed by atoms with E-state index in [0.717, 1.165) is 4.31 Å². The van der Waals surface area contributed by atoms with Crippen LogP contribution >= 0.6 is 0 Å². The average Bonchev–Trinajstić information content (AvgIpc) is 3.02. The van der Waals surface area contributed by atoms with Crippen LogP contribution in [0.25, 0.3) is 10.9 Å². The van der Waals surface area contributed by atoms with Crippen molar-refractivity contribution in [2.75, 3.05) is 11.4 Å². The molecule has 0 fully saturated rings. The van der Waals surface area contributed by atoms with E-state index in [-0.39, 0.29) is 21.7 Å². The maximum atomic E-state index is 12.7. The van der Waals surface area contributed by atoms with Gasteiger partial charge in [-0.05, 0) is 12.1 Å². The first-order valence-electron chi connectivity index (χ1n) is 6.91. The van der Waals surface area contributed by atoms with Gasteiger partial charge in [0.25, 0.3) is 10.0 Å². The van der Waals surface area contributed by atoms with Crippen LogP contribution in [0.2, 0.25) is 0 Å². The van der Waals surface area contributed by atoms with Crippen LogP contribution in [0.3, 0.4) is 0 Å². The van der Waals surface area contributed by atoms with Gasteiger partial charge in [0.2, 0.25) is 0 Å². The van der Waals surface area contributed by atoms with E-state index in [2.05, 4.69) is 15.0 Å². The van der Waals surface area contributed by atoms with Gasteiger partial charge >= 0.3 is 5.97 Å². The highest BCUT2D eigenvalue weighted by atomic mass is 32.2. The molecule has 130 valence electrons. The number of hydrogen-bond donors (Lipinski definition) is 2. The van der Waals surface area contributed by atoms with E-state index < -0.39 is 27.4 Å². The minimum atomic E-state index is -4.08. The van der Waals surface area contributed by atoms with Gasteiger partial charge in [-0.3, -0.25) is 9.29 Å². The molecule has 11 heteroatoms. The number of hydrogen-bond acceptors (Lipinski definition) is 7. The second kappa shape index (κ2) is 5.70. The number of carbonyl (C=O) groups is 1. The highest BCUT2D eigenvalue weighted by Crippen LogP contribution is 2.33. The second-order valence-corrected chi connectivity index (χ2v) is 7.10. The van der Waals surface area contributed by atoms with Gasteiger partial charge in [0.1, 0.15) is 5.52 Å². The number of nitrogens with zero attached hydrogens (tertiary/aromatic N) is 5. The van der Waals surface area contributed by atoms with Crippen molar-refractivity contribution in [3.8, 4) is 5.75 Å². The number of carboxylic acid groups (broad SMARTS) is 1. The van der Waals surface area contributed by atoms with Crippen LogP contribution in [0, 0.1) is 0 Å². The Labute approximate surface area is 142 Å². The Hall–Kier alpha value is -3.21. The largest absolute Gasteiger partial charge is 0.504 e. The Kier molecular flexibility index (Phi) is 3.80. The summed E-state index contributed by atoms with van der Waals surface area (Å²) in [6.45, 7) is 0. The number of aromatic carboxylic acids is 1. The number of rotatable bonds is 4. The monoisotopic (exact) mass is 363 g/mol. The number of aromatic hydroxyl groups is 1. The standard InChI is InChI=1S/C14H13N5O5S/c1-18-6-9(16-7-18)25(23,24)19(2)13-8-4-3-5-15-10(8)12(20)11(17-13)14(21)22/h3-7,20H,1-2H3,(H,21,22). The van der Waals surface area contributed by atoms with Crippen LogP contribution in [-0.4, -0.2) is 51.2 Å². The Morgan fingerprint density at radius 2 is 2.04 bits per heavy atom. The molecule has 0 bridgehead atoms. The molecule has 0 saturated carbocycles. The summed E-state index contributed by atoms with van der Waals surface area (Å²) in [4.78, 5) is 22.9. The maximum Gasteiger partial charge on any atom is 0.358 e. The van der Waals surface area contributed by atoms with Crippen molar-refractivity contribution in [3.05, 3.63) is 36.5 Å². The summed E-state index contributed by atoms with van der Waals surface area (Å²) in [6, 6.07) is 3.01. The predicted molar refractivity (Wildman–Crippen MR) is 87.0 cm³/mol. The number of aryl methyl sites for hydroxylation is 1. The first kappa shape index (κ1) is 16.6. The molecular weight excluding hydrogens is 350 g/mol. The molecule has 10 nitrogen and oxygen atoms in total. The minimum Gasteiger partial charge on any atom is -0.504 e. The molecule has 0 aliphatic heterocycles. The smallest absolute Gasteiger partial charge is 0.358 e. The maximum absolute atomic E-state index is 12.7. The van der Waals surface area contributed by atoms with E-state index in [1.165, 1.54) is 42.5 Å². The summed E-state index contributed by atoms with van der Waals surface area (Å²) in [5.74, 6) is -2.31. The van der Waals surface area contributed by atoms with Crippen LogP contribution in [0.4, 0.5) is 5.82 Å². The molecule has 0 amide bonds. The normalized spacial score (nSPS) is 11.6. The van der Waals surface area contributed by atoms with Gasteiger partial charge < -0.3 is 14.8 Å². The molecule has 0 radical (unpaired) electrons. The van der Waals surface area contributed by atoms with Crippen molar-refractivity contribution in [2.24, 2.45) is 7.05 Å². The summed E-state index contributed by atoms with van der Waals surface area (Å²) >= 11 is 0. The Balaban J connectivity index is 2.28. The molecule has 25 heavy (non-hydrogen) atoms. The lowest BCUT2D eigenvalue weighted by Crippen LogP contribution is -2.28. The third-order valence-electron chi connectivity index (χ3n) is 3.52. The van der Waals surface area contributed by atoms with Gasteiger partial charge in [-0.2, -0.15) is 8.42 Å². The molecule has 0 aliphatic rings. The zero-order valence-electron chi connectivity index (χ0n) is 13.2. The van der Waals surface area contributed by atoms with Crippen LogP contribution in [-0.2, 0) is 17.1 Å². The summed E-state index contributed by atoms with van der Waals surface area (Å²) in [5, 5.41) is 19.2. The van der Waals surface area contributed by atoms with Crippen LogP contribution < -0.4 is 4.31 Å². The average molecular weight is 363 g/mol. The van der Waals surface area contributed by atoms with Crippen LogP contribution in [0.5, 0.6) is 5.75 Å². The number of carboxylic acids is 1. The number of fused-ring (bicyclic) bond motifs is 1. The van der Waals surface area contributed by atoms with Crippen molar-refractivity contribution in [3.63, 3.8) is 0 Å². The molecular formula is C14H13N5O5S. The topological polar surface area (TPSA) is 139 Å². The zero-order valence-corrected chi connectivity index (χ0v) is 14.0. The first-order chi connectivity index (χ1) is 11.7. The third kappa shape index (κ3) is 2.63. The fourth-order valence-electron chi connectivity index (χ4n) is 2.27. The van der Waals surface area contributed by atoms with Gasteiger partial charge in [-0.15, -0.1) is 0 Å². The molecule has 0 aliphatic carbocycles. The third-order valence-corrected chi connectivity index (χ3v) is 5.16. The molecule has 2 N–H and O–H groups in total. The lowest BCUT2D eigenvalue weighted by atomic mass is 10.2. The van der Waals surface area contributed by atoms with Gasteiger partial charge in [0, 0.05) is 31.9 Å². The highest BCUT2D eigenvalue weighted by Gasteiger charge is 2.29. The Morgan fingerprint density at radius 3 is 2.64 bits per heavy atom.